The molecule has 6 nitrogen and oxygen atoms in total. The summed E-state index contributed by atoms with van der Waals surface area (Å²) in [5.74, 6) is -0.0329. The van der Waals surface area contributed by atoms with Crippen molar-refractivity contribution in [1.82, 2.24) is 5.16 Å². The van der Waals surface area contributed by atoms with Crippen LogP contribution in [0, 0.1) is 19.7 Å². The van der Waals surface area contributed by atoms with Crippen LogP contribution in [0.25, 0.3) is 0 Å². The first-order chi connectivity index (χ1) is 12.0. The zero-order valence-electron chi connectivity index (χ0n) is 14.4. The zero-order chi connectivity index (χ0) is 17.8. The lowest BCUT2D eigenvalue weighted by atomic mass is 10.1. The molecule has 1 aromatic heterocycles. The van der Waals surface area contributed by atoms with Gasteiger partial charge in [-0.15, -0.1) is 0 Å². The van der Waals surface area contributed by atoms with Crippen LogP contribution in [0.4, 0.5) is 15.8 Å². The van der Waals surface area contributed by atoms with Gasteiger partial charge >= 0.3 is 0 Å². The lowest BCUT2D eigenvalue weighted by Gasteiger charge is -2.13. The number of rotatable bonds is 6. The zero-order valence-corrected chi connectivity index (χ0v) is 14.4. The SMILES string of the molecule is Cc1noc(C)c1CC(=O)Nc1ccc(NC[C@H]2CCCO2)c(F)c1. The Labute approximate surface area is 145 Å². The highest BCUT2D eigenvalue weighted by Gasteiger charge is 2.16. The molecular formula is C18H22FN3O3. The molecule has 1 aliphatic heterocycles. The van der Waals surface area contributed by atoms with Crippen LogP contribution >= 0.6 is 0 Å². The first-order valence-corrected chi connectivity index (χ1v) is 8.39. The first-order valence-electron chi connectivity index (χ1n) is 8.39. The Hall–Kier alpha value is -2.41. The molecule has 134 valence electrons. The third-order valence-electron chi connectivity index (χ3n) is 4.32. The molecule has 25 heavy (non-hydrogen) atoms. The highest BCUT2D eigenvalue weighted by atomic mass is 19.1. The Bertz CT molecular complexity index is 735. The van der Waals surface area contributed by atoms with Crippen LogP contribution in [0.2, 0.25) is 0 Å². The molecule has 1 amide bonds. The lowest BCUT2D eigenvalue weighted by Crippen LogP contribution is -2.19. The van der Waals surface area contributed by atoms with Crippen LogP contribution in [-0.4, -0.2) is 30.3 Å². The molecule has 2 N–H and O–H groups in total. The number of hydrogen-bond acceptors (Lipinski definition) is 5. The number of anilines is 2. The molecule has 0 spiro atoms. The minimum atomic E-state index is -0.409. The molecule has 7 heteroatoms. The molecule has 0 aliphatic carbocycles. The summed E-state index contributed by atoms with van der Waals surface area (Å²) in [4.78, 5) is 12.1. The number of halogens is 1. The second-order valence-corrected chi connectivity index (χ2v) is 6.24. The van der Waals surface area contributed by atoms with E-state index in [1.54, 1.807) is 26.0 Å². The fourth-order valence-electron chi connectivity index (χ4n) is 2.89. The van der Waals surface area contributed by atoms with Gasteiger partial charge in [-0.2, -0.15) is 0 Å². The number of ether oxygens (including phenoxy) is 1. The van der Waals surface area contributed by atoms with E-state index in [-0.39, 0.29) is 18.4 Å². The number of benzene rings is 1. The van der Waals surface area contributed by atoms with Gasteiger partial charge in [0.1, 0.15) is 11.6 Å². The number of amides is 1. The van der Waals surface area contributed by atoms with Gasteiger partial charge in [-0.3, -0.25) is 4.79 Å². The van der Waals surface area contributed by atoms with Crippen molar-refractivity contribution in [3.63, 3.8) is 0 Å². The van der Waals surface area contributed by atoms with Gasteiger partial charge in [0.2, 0.25) is 5.91 Å². The molecule has 0 bridgehead atoms. The Morgan fingerprint density at radius 1 is 1.40 bits per heavy atom. The summed E-state index contributed by atoms with van der Waals surface area (Å²) in [6.07, 6.45) is 2.31. The smallest absolute Gasteiger partial charge is 0.229 e. The summed E-state index contributed by atoms with van der Waals surface area (Å²) in [5.41, 5.74) is 2.26. The summed E-state index contributed by atoms with van der Waals surface area (Å²) < 4.78 is 24.7. The largest absolute Gasteiger partial charge is 0.380 e. The van der Waals surface area contributed by atoms with Gasteiger partial charge in [0.05, 0.1) is 23.9 Å². The van der Waals surface area contributed by atoms with Crippen LogP contribution < -0.4 is 10.6 Å². The van der Waals surface area contributed by atoms with Crippen LogP contribution in [0.1, 0.15) is 29.9 Å². The topological polar surface area (TPSA) is 76.4 Å². The third kappa shape index (κ3) is 4.36. The summed E-state index contributed by atoms with van der Waals surface area (Å²) in [7, 11) is 0. The van der Waals surface area contributed by atoms with E-state index < -0.39 is 5.82 Å². The average molecular weight is 347 g/mol. The maximum Gasteiger partial charge on any atom is 0.229 e. The number of nitrogens with zero attached hydrogens (tertiary/aromatic N) is 1. The summed E-state index contributed by atoms with van der Waals surface area (Å²) in [5, 5.41) is 9.57. The van der Waals surface area contributed by atoms with Crippen LogP contribution in [0.3, 0.4) is 0 Å². The second-order valence-electron chi connectivity index (χ2n) is 6.24. The highest BCUT2D eigenvalue weighted by molar-refractivity contribution is 5.92. The Balaban J connectivity index is 1.57. The number of hydrogen-bond donors (Lipinski definition) is 2. The molecular weight excluding hydrogens is 325 g/mol. The van der Waals surface area contributed by atoms with Crippen molar-refractivity contribution in [2.75, 3.05) is 23.8 Å². The van der Waals surface area contributed by atoms with Crippen molar-refractivity contribution in [2.45, 2.75) is 39.2 Å². The Kier molecular flexibility index (Phi) is 5.33. The quantitative estimate of drug-likeness (QED) is 0.839. The number of aromatic nitrogens is 1. The van der Waals surface area contributed by atoms with E-state index in [0.717, 1.165) is 25.0 Å². The van der Waals surface area contributed by atoms with Crippen molar-refractivity contribution in [1.29, 1.82) is 0 Å². The van der Waals surface area contributed by atoms with Gasteiger partial charge in [0.25, 0.3) is 0 Å². The molecule has 1 aliphatic rings. The number of carbonyl (C=O) groups is 1. The highest BCUT2D eigenvalue weighted by Crippen LogP contribution is 2.21. The average Bonchev–Trinajstić information content (AvgIpc) is 3.19. The first kappa shape index (κ1) is 17.4. The molecule has 2 heterocycles. The van der Waals surface area contributed by atoms with Gasteiger partial charge in [0.15, 0.2) is 0 Å². The van der Waals surface area contributed by atoms with Crippen molar-refractivity contribution in [3.05, 3.63) is 41.0 Å². The Morgan fingerprint density at radius 3 is 2.88 bits per heavy atom. The predicted molar refractivity (Wildman–Crippen MR) is 92.2 cm³/mol. The molecule has 2 aromatic rings. The van der Waals surface area contributed by atoms with Crippen LogP contribution in [0.15, 0.2) is 22.7 Å². The maximum absolute atomic E-state index is 14.2. The van der Waals surface area contributed by atoms with Gasteiger partial charge in [-0.05, 0) is 44.9 Å². The van der Waals surface area contributed by atoms with Gasteiger partial charge in [0, 0.05) is 24.4 Å². The standard InChI is InChI=1S/C18H22FN3O3/c1-11-15(12(2)25-22-11)9-18(23)21-13-5-6-17(16(19)8-13)20-10-14-4-3-7-24-14/h5-6,8,14,20H,3-4,7,9-10H2,1-2H3,(H,21,23)/t14-/m1/s1. The van der Waals surface area contributed by atoms with E-state index in [0.29, 0.717) is 29.4 Å². The molecule has 1 saturated heterocycles. The van der Waals surface area contributed by atoms with E-state index >= 15 is 0 Å². The minimum absolute atomic E-state index is 0.133. The lowest BCUT2D eigenvalue weighted by molar-refractivity contribution is -0.115. The molecule has 1 fully saturated rings. The van der Waals surface area contributed by atoms with Crippen molar-refractivity contribution in [2.24, 2.45) is 0 Å². The van der Waals surface area contributed by atoms with E-state index in [2.05, 4.69) is 15.8 Å². The molecule has 3 rings (SSSR count). The minimum Gasteiger partial charge on any atom is -0.380 e. The number of aryl methyl sites for hydroxylation is 2. The molecule has 0 radical (unpaired) electrons. The van der Waals surface area contributed by atoms with E-state index in [4.69, 9.17) is 9.26 Å². The van der Waals surface area contributed by atoms with Crippen LogP contribution in [-0.2, 0) is 16.0 Å². The summed E-state index contributed by atoms with van der Waals surface area (Å²) >= 11 is 0. The van der Waals surface area contributed by atoms with Crippen molar-refractivity contribution < 1.29 is 18.4 Å². The predicted octanol–water partition coefficient (Wildman–Crippen LogP) is 3.20. The molecule has 1 atom stereocenters. The monoisotopic (exact) mass is 347 g/mol. The maximum atomic E-state index is 14.2. The van der Waals surface area contributed by atoms with Gasteiger partial charge in [-0.1, -0.05) is 5.16 Å². The normalized spacial score (nSPS) is 16.8. The van der Waals surface area contributed by atoms with Crippen molar-refractivity contribution in [3.8, 4) is 0 Å². The van der Waals surface area contributed by atoms with Crippen LogP contribution in [0.5, 0.6) is 0 Å². The fourth-order valence-corrected chi connectivity index (χ4v) is 2.89. The summed E-state index contributed by atoms with van der Waals surface area (Å²) in [6, 6.07) is 4.60. The van der Waals surface area contributed by atoms with E-state index in [9.17, 15) is 9.18 Å². The number of carbonyl (C=O) groups excluding carboxylic acids is 1. The van der Waals surface area contributed by atoms with Gasteiger partial charge in [-0.25, -0.2) is 4.39 Å². The second kappa shape index (κ2) is 7.65. The van der Waals surface area contributed by atoms with E-state index in [1.165, 1.54) is 6.07 Å². The Morgan fingerprint density at radius 2 is 2.24 bits per heavy atom. The molecule has 0 saturated carbocycles. The third-order valence-corrected chi connectivity index (χ3v) is 4.32. The number of nitrogens with one attached hydrogen (secondary N) is 2. The fraction of sp³-hybridized carbons (Fsp3) is 0.444. The molecule has 0 unspecified atom stereocenters. The molecule has 1 aromatic carbocycles. The summed E-state index contributed by atoms with van der Waals surface area (Å²) in [6.45, 7) is 4.89. The van der Waals surface area contributed by atoms with E-state index in [1.807, 2.05) is 0 Å². The van der Waals surface area contributed by atoms with Gasteiger partial charge < -0.3 is 19.9 Å². The van der Waals surface area contributed by atoms with Crippen molar-refractivity contribution >= 4 is 17.3 Å².